The summed E-state index contributed by atoms with van der Waals surface area (Å²) in [6.45, 7) is 4.04. The predicted octanol–water partition coefficient (Wildman–Crippen LogP) is 2.52. The average Bonchev–Trinajstić information content (AvgIpc) is 2.88. The molecule has 0 saturated heterocycles. The monoisotopic (exact) mass is 239 g/mol. The minimum absolute atomic E-state index is 0.0618. The number of aryl methyl sites for hydroxylation is 2. The van der Waals surface area contributed by atoms with Crippen LogP contribution in [0.1, 0.15) is 22.4 Å². The van der Waals surface area contributed by atoms with Gasteiger partial charge in [0.25, 0.3) is 5.91 Å². The van der Waals surface area contributed by atoms with E-state index in [-0.39, 0.29) is 5.91 Å². The standard InChI is InChI=1S/C14H13N3O/c1-8-3-9(2)13-11(5-10-6-15-7-16-10)14(18)17-12(13)4-8/h3-7H,1-2H3,(H,15,16)(H,17,18)/b11-5+. The van der Waals surface area contributed by atoms with Crippen molar-refractivity contribution in [2.75, 3.05) is 5.32 Å². The van der Waals surface area contributed by atoms with E-state index >= 15 is 0 Å². The largest absolute Gasteiger partial charge is 0.345 e. The molecule has 1 amide bonds. The van der Waals surface area contributed by atoms with Crippen LogP contribution in [-0.4, -0.2) is 15.9 Å². The Bertz CT molecular complexity index is 654. The van der Waals surface area contributed by atoms with E-state index in [1.165, 1.54) is 0 Å². The zero-order valence-electron chi connectivity index (χ0n) is 10.2. The number of carbonyl (C=O) groups excluding carboxylic acids is 1. The molecule has 0 fully saturated rings. The van der Waals surface area contributed by atoms with Crippen molar-refractivity contribution in [2.45, 2.75) is 13.8 Å². The van der Waals surface area contributed by atoms with E-state index in [1.807, 2.05) is 26.0 Å². The highest BCUT2D eigenvalue weighted by Gasteiger charge is 2.26. The Labute approximate surface area is 105 Å². The molecule has 0 bridgehead atoms. The molecule has 2 aromatic rings. The maximum atomic E-state index is 12.0. The van der Waals surface area contributed by atoms with Gasteiger partial charge in [0.2, 0.25) is 0 Å². The Morgan fingerprint density at radius 2 is 2.11 bits per heavy atom. The molecule has 90 valence electrons. The van der Waals surface area contributed by atoms with Gasteiger partial charge in [0, 0.05) is 11.3 Å². The van der Waals surface area contributed by atoms with Crippen LogP contribution in [0.3, 0.4) is 0 Å². The number of nitrogens with zero attached hydrogens (tertiary/aromatic N) is 1. The third-order valence-electron chi connectivity index (χ3n) is 3.06. The molecule has 1 aliphatic heterocycles. The lowest BCUT2D eigenvalue weighted by Crippen LogP contribution is -2.03. The molecular formula is C14H13N3O. The summed E-state index contributed by atoms with van der Waals surface area (Å²) < 4.78 is 0. The number of H-pyrrole nitrogens is 1. The third kappa shape index (κ3) is 1.62. The van der Waals surface area contributed by atoms with E-state index in [1.54, 1.807) is 12.5 Å². The molecule has 0 spiro atoms. The van der Waals surface area contributed by atoms with Crippen LogP contribution in [0.4, 0.5) is 5.69 Å². The quantitative estimate of drug-likeness (QED) is 0.751. The number of anilines is 1. The van der Waals surface area contributed by atoms with Crippen LogP contribution in [-0.2, 0) is 4.79 Å². The number of benzene rings is 1. The topological polar surface area (TPSA) is 57.8 Å². The summed E-state index contributed by atoms with van der Waals surface area (Å²) in [5, 5.41) is 2.90. The average molecular weight is 239 g/mol. The van der Waals surface area contributed by atoms with Crippen molar-refractivity contribution >= 4 is 23.2 Å². The number of amides is 1. The summed E-state index contributed by atoms with van der Waals surface area (Å²) in [6.07, 6.45) is 5.13. The summed E-state index contributed by atoms with van der Waals surface area (Å²) in [7, 11) is 0. The summed E-state index contributed by atoms with van der Waals surface area (Å²) in [4.78, 5) is 18.9. The molecule has 0 atom stereocenters. The zero-order chi connectivity index (χ0) is 12.7. The molecular weight excluding hydrogens is 226 g/mol. The molecule has 0 aliphatic carbocycles. The number of imidazole rings is 1. The third-order valence-corrected chi connectivity index (χ3v) is 3.06. The molecule has 0 unspecified atom stereocenters. The fourth-order valence-electron chi connectivity index (χ4n) is 2.37. The molecule has 18 heavy (non-hydrogen) atoms. The molecule has 2 N–H and O–H groups in total. The maximum absolute atomic E-state index is 12.0. The van der Waals surface area contributed by atoms with E-state index in [0.717, 1.165) is 28.1 Å². The molecule has 1 aromatic carbocycles. The van der Waals surface area contributed by atoms with Crippen molar-refractivity contribution in [1.29, 1.82) is 0 Å². The number of hydrogen-bond acceptors (Lipinski definition) is 2. The molecule has 1 aromatic heterocycles. The Kier molecular flexibility index (Phi) is 2.30. The fourth-order valence-corrected chi connectivity index (χ4v) is 2.37. The highest BCUT2D eigenvalue weighted by molar-refractivity contribution is 6.35. The summed E-state index contributed by atoms with van der Waals surface area (Å²) in [5.41, 5.74) is 5.65. The van der Waals surface area contributed by atoms with E-state index < -0.39 is 0 Å². The number of rotatable bonds is 1. The Balaban J connectivity index is 2.18. The lowest BCUT2D eigenvalue weighted by atomic mass is 9.99. The van der Waals surface area contributed by atoms with E-state index in [9.17, 15) is 4.79 Å². The molecule has 0 saturated carbocycles. The number of aromatic amines is 1. The van der Waals surface area contributed by atoms with Crippen LogP contribution in [0, 0.1) is 13.8 Å². The summed E-state index contributed by atoms with van der Waals surface area (Å²) in [5.74, 6) is -0.0618. The molecule has 2 heterocycles. The van der Waals surface area contributed by atoms with Gasteiger partial charge in [0.05, 0.1) is 23.8 Å². The second-order valence-corrected chi connectivity index (χ2v) is 4.52. The zero-order valence-corrected chi connectivity index (χ0v) is 10.2. The van der Waals surface area contributed by atoms with Crippen molar-refractivity contribution in [3.05, 3.63) is 47.0 Å². The van der Waals surface area contributed by atoms with Crippen LogP contribution < -0.4 is 5.32 Å². The minimum Gasteiger partial charge on any atom is -0.345 e. The SMILES string of the molecule is Cc1cc(C)c2c(c1)NC(=O)/C2=C/c1cnc[nH]1. The van der Waals surface area contributed by atoms with Gasteiger partial charge in [-0.05, 0) is 37.1 Å². The first kappa shape index (κ1) is 10.8. The molecule has 4 nitrogen and oxygen atoms in total. The van der Waals surface area contributed by atoms with Crippen molar-refractivity contribution in [3.63, 3.8) is 0 Å². The molecule has 4 heteroatoms. The van der Waals surface area contributed by atoms with Crippen LogP contribution in [0.25, 0.3) is 11.6 Å². The molecule has 3 rings (SSSR count). The highest BCUT2D eigenvalue weighted by atomic mass is 16.2. The molecule has 1 aliphatic rings. The van der Waals surface area contributed by atoms with Gasteiger partial charge in [0.1, 0.15) is 0 Å². The van der Waals surface area contributed by atoms with Gasteiger partial charge in [-0.2, -0.15) is 0 Å². The smallest absolute Gasteiger partial charge is 0.256 e. The van der Waals surface area contributed by atoms with Crippen LogP contribution in [0.5, 0.6) is 0 Å². The number of fused-ring (bicyclic) bond motifs is 1. The van der Waals surface area contributed by atoms with Crippen LogP contribution >= 0.6 is 0 Å². The number of hydrogen-bond donors (Lipinski definition) is 2. The second kappa shape index (κ2) is 3.84. The normalized spacial score (nSPS) is 15.9. The number of aromatic nitrogens is 2. The van der Waals surface area contributed by atoms with Gasteiger partial charge in [-0.3, -0.25) is 4.79 Å². The Hall–Kier alpha value is -2.36. The Morgan fingerprint density at radius 1 is 1.28 bits per heavy atom. The summed E-state index contributed by atoms with van der Waals surface area (Å²) in [6, 6.07) is 4.08. The highest BCUT2D eigenvalue weighted by Crippen LogP contribution is 2.36. The fraction of sp³-hybridized carbons (Fsp3) is 0.143. The van der Waals surface area contributed by atoms with Crippen molar-refractivity contribution < 1.29 is 4.79 Å². The Morgan fingerprint density at radius 3 is 2.83 bits per heavy atom. The first-order valence-electron chi connectivity index (χ1n) is 5.78. The maximum Gasteiger partial charge on any atom is 0.256 e. The molecule has 0 radical (unpaired) electrons. The van der Waals surface area contributed by atoms with Crippen LogP contribution in [0.15, 0.2) is 24.7 Å². The first-order chi connectivity index (χ1) is 8.65. The lowest BCUT2D eigenvalue weighted by molar-refractivity contribution is -0.110. The van der Waals surface area contributed by atoms with Crippen molar-refractivity contribution in [3.8, 4) is 0 Å². The van der Waals surface area contributed by atoms with Gasteiger partial charge in [0.15, 0.2) is 0 Å². The number of nitrogens with one attached hydrogen (secondary N) is 2. The van der Waals surface area contributed by atoms with Gasteiger partial charge in [-0.1, -0.05) is 6.07 Å². The van der Waals surface area contributed by atoms with Gasteiger partial charge >= 0.3 is 0 Å². The van der Waals surface area contributed by atoms with Gasteiger partial charge in [-0.25, -0.2) is 4.98 Å². The second-order valence-electron chi connectivity index (χ2n) is 4.52. The van der Waals surface area contributed by atoms with Crippen molar-refractivity contribution in [1.82, 2.24) is 9.97 Å². The van der Waals surface area contributed by atoms with Crippen molar-refractivity contribution in [2.24, 2.45) is 0 Å². The van der Waals surface area contributed by atoms with E-state index in [0.29, 0.717) is 5.57 Å². The van der Waals surface area contributed by atoms with E-state index in [4.69, 9.17) is 0 Å². The van der Waals surface area contributed by atoms with Crippen LogP contribution in [0.2, 0.25) is 0 Å². The minimum atomic E-state index is -0.0618. The van der Waals surface area contributed by atoms with E-state index in [2.05, 4.69) is 21.4 Å². The summed E-state index contributed by atoms with van der Waals surface area (Å²) >= 11 is 0. The van der Waals surface area contributed by atoms with Gasteiger partial charge < -0.3 is 10.3 Å². The number of carbonyl (C=O) groups is 1. The predicted molar refractivity (Wildman–Crippen MR) is 71.0 cm³/mol. The lowest BCUT2D eigenvalue weighted by Gasteiger charge is -2.05. The van der Waals surface area contributed by atoms with Gasteiger partial charge in [-0.15, -0.1) is 0 Å². The first-order valence-corrected chi connectivity index (χ1v) is 5.78.